The summed E-state index contributed by atoms with van der Waals surface area (Å²) in [5.74, 6) is -1.20. The SMILES string of the molecule is CN(CCC(=O)O)C(=O)NC1CCN(c2ccccc2Cl)C1=O. The summed E-state index contributed by atoms with van der Waals surface area (Å²) in [5.41, 5.74) is 0.621. The summed E-state index contributed by atoms with van der Waals surface area (Å²) < 4.78 is 0. The number of carboxylic acid groups (broad SMARTS) is 1. The number of carbonyl (C=O) groups is 3. The fraction of sp³-hybridized carbons (Fsp3) is 0.400. The van der Waals surface area contributed by atoms with Crippen LogP contribution in [0.15, 0.2) is 24.3 Å². The van der Waals surface area contributed by atoms with E-state index in [1.54, 1.807) is 29.2 Å². The molecule has 0 spiro atoms. The highest BCUT2D eigenvalue weighted by Gasteiger charge is 2.34. The van der Waals surface area contributed by atoms with Crippen LogP contribution < -0.4 is 10.2 Å². The first-order valence-corrected chi connectivity index (χ1v) is 7.57. The maximum atomic E-state index is 12.4. The molecule has 3 amide bonds. The predicted octanol–water partition coefficient (Wildman–Crippen LogP) is 1.56. The van der Waals surface area contributed by atoms with E-state index in [0.717, 1.165) is 0 Å². The number of anilines is 1. The van der Waals surface area contributed by atoms with Crippen LogP contribution in [0.5, 0.6) is 0 Å². The van der Waals surface area contributed by atoms with E-state index in [-0.39, 0.29) is 18.9 Å². The lowest BCUT2D eigenvalue weighted by molar-refractivity contribution is -0.137. The monoisotopic (exact) mass is 339 g/mol. The first kappa shape index (κ1) is 17.1. The summed E-state index contributed by atoms with van der Waals surface area (Å²) in [6.07, 6.45) is 0.330. The molecular formula is C15H18ClN3O4. The number of hydrogen-bond acceptors (Lipinski definition) is 3. The van der Waals surface area contributed by atoms with E-state index in [2.05, 4.69) is 5.32 Å². The summed E-state index contributed by atoms with van der Waals surface area (Å²) in [4.78, 5) is 37.7. The molecule has 0 aliphatic carbocycles. The van der Waals surface area contributed by atoms with Gasteiger partial charge in [0.15, 0.2) is 0 Å². The van der Waals surface area contributed by atoms with E-state index in [0.29, 0.717) is 23.7 Å². The van der Waals surface area contributed by atoms with Gasteiger partial charge in [-0.25, -0.2) is 4.79 Å². The Morgan fingerprint density at radius 3 is 2.78 bits per heavy atom. The molecule has 1 aliphatic heterocycles. The summed E-state index contributed by atoms with van der Waals surface area (Å²) >= 11 is 6.10. The Kier molecular flexibility index (Phi) is 5.44. The molecule has 1 aliphatic rings. The molecule has 1 saturated heterocycles. The Labute approximate surface area is 138 Å². The number of nitrogens with one attached hydrogen (secondary N) is 1. The second-order valence-electron chi connectivity index (χ2n) is 5.30. The predicted molar refractivity (Wildman–Crippen MR) is 85.6 cm³/mol. The lowest BCUT2D eigenvalue weighted by atomic mass is 10.2. The third-order valence-electron chi connectivity index (χ3n) is 3.65. The minimum Gasteiger partial charge on any atom is -0.481 e. The molecule has 8 heteroatoms. The van der Waals surface area contributed by atoms with Gasteiger partial charge < -0.3 is 20.2 Å². The molecule has 1 unspecified atom stereocenters. The number of nitrogens with zero attached hydrogens (tertiary/aromatic N) is 2. The van der Waals surface area contributed by atoms with Crippen LogP contribution in [0, 0.1) is 0 Å². The van der Waals surface area contributed by atoms with Gasteiger partial charge in [0.25, 0.3) is 0 Å². The standard InChI is InChI=1S/C15H18ClN3O4/c1-18(8-7-13(20)21)15(23)17-11-6-9-19(14(11)22)12-5-3-2-4-10(12)16/h2-5,11H,6-9H2,1H3,(H,17,23)(H,20,21). The second kappa shape index (κ2) is 7.32. The van der Waals surface area contributed by atoms with Crippen molar-refractivity contribution in [3.8, 4) is 0 Å². The number of urea groups is 1. The smallest absolute Gasteiger partial charge is 0.317 e. The van der Waals surface area contributed by atoms with Crippen LogP contribution in [-0.4, -0.2) is 54.1 Å². The van der Waals surface area contributed by atoms with E-state index in [9.17, 15) is 14.4 Å². The molecule has 7 nitrogen and oxygen atoms in total. The molecule has 0 aromatic heterocycles. The molecule has 23 heavy (non-hydrogen) atoms. The number of benzene rings is 1. The third-order valence-corrected chi connectivity index (χ3v) is 3.97. The second-order valence-corrected chi connectivity index (χ2v) is 5.70. The Bertz CT molecular complexity index is 622. The van der Waals surface area contributed by atoms with Crippen molar-refractivity contribution in [1.29, 1.82) is 0 Å². The largest absolute Gasteiger partial charge is 0.481 e. The molecule has 0 bridgehead atoms. The number of carboxylic acids is 1. The lowest BCUT2D eigenvalue weighted by Crippen LogP contribution is -2.47. The average Bonchev–Trinajstić information content (AvgIpc) is 2.86. The summed E-state index contributed by atoms with van der Waals surface area (Å²) in [7, 11) is 1.49. The van der Waals surface area contributed by atoms with Crippen LogP contribution in [-0.2, 0) is 9.59 Å². The fourth-order valence-corrected chi connectivity index (χ4v) is 2.59. The fourth-order valence-electron chi connectivity index (χ4n) is 2.35. The Morgan fingerprint density at radius 1 is 1.43 bits per heavy atom. The van der Waals surface area contributed by atoms with Crippen LogP contribution in [0.1, 0.15) is 12.8 Å². The minimum absolute atomic E-state index is 0.0797. The van der Waals surface area contributed by atoms with Gasteiger partial charge in [0.1, 0.15) is 6.04 Å². The molecule has 1 aromatic rings. The first-order chi connectivity index (χ1) is 10.9. The number of amides is 3. The Hall–Kier alpha value is -2.28. The molecule has 0 radical (unpaired) electrons. The number of aliphatic carboxylic acids is 1. The van der Waals surface area contributed by atoms with Crippen molar-refractivity contribution in [2.45, 2.75) is 18.9 Å². The third kappa shape index (κ3) is 4.13. The molecule has 0 saturated carbocycles. The number of para-hydroxylation sites is 1. The molecule has 124 valence electrons. The summed E-state index contributed by atoms with van der Waals surface area (Å²) in [6.45, 7) is 0.544. The summed E-state index contributed by atoms with van der Waals surface area (Å²) in [6, 6.07) is 5.93. The maximum absolute atomic E-state index is 12.4. The number of hydrogen-bond donors (Lipinski definition) is 2. The van der Waals surface area contributed by atoms with Crippen LogP contribution in [0.25, 0.3) is 0 Å². The van der Waals surface area contributed by atoms with Gasteiger partial charge in [-0.1, -0.05) is 23.7 Å². The Morgan fingerprint density at radius 2 is 2.13 bits per heavy atom. The van der Waals surface area contributed by atoms with Crippen molar-refractivity contribution in [3.63, 3.8) is 0 Å². The molecule has 1 heterocycles. The van der Waals surface area contributed by atoms with Crippen molar-refractivity contribution in [3.05, 3.63) is 29.3 Å². The van der Waals surface area contributed by atoms with Gasteiger partial charge in [0.2, 0.25) is 5.91 Å². The van der Waals surface area contributed by atoms with Crippen molar-refractivity contribution in [2.75, 3.05) is 25.0 Å². The number of rotatable bonds is 5. The van der Waals surface area contributed by atoms with Crippen molar-refractivity contribution in [2.24, 2.45) is 0 Å². The zero-order valence-corrected chi connectivity index (χ0v) is 13.4. The number of carbonyl (C=O) groups excluding carboxylic acids is 2. The summed E-state index contributed by atoms with van der Waals surface area (Å²) in [5, 5.41) is 11.7. The minimum atomic E-state index is -0.980. The molecule has 1 fully saturated rings. The molecule has 2 rings (SSSR count). The van der Waals surface area contributed by atoms with Crippen molar-refractivity contribution < 1.29 is 19.5 Å². The van der Waals surface area contributed by atoms with Gasteiger partial charge >= 0.3 is 12.0 Å². The Balaban J connectivity index is 1.96. The highest BCUT2D eigenvalue weighted by atomic mass is 35.5. The van der Waals surface area contributed by atoms with E-state index < -0.39 is 18.0 Å². The van der Waals surface area contributed by atoms with Crippen LogP contribution in [0.3, 0.4) is 0 Å². The highest BCUT2D eigenvalue weighted by Crippen LogP contribution is 2.28. The zero-order chi connectivity index (χ0) is 17.0. The van der Waals surface area contributed by atoms with Gasteiger partial charge in [-0.15, -0.1) is 0 Å². The zero-order valence-electron chi connectivity index (χ0n) is 12.7. The van der Waals surface area contributed by atoms with Gasteiger partial charge in [-0.2, -0.15) is 0 Å². The van der Waals surface area contributed by atoms with Crippen LogP contribution >= 0.6 is 11.6 Å². The van der Waals surface area contributed by atoms with E-state index in [4.69, 9.17) is 16.7 Å². The van der Waals surface area contributed by atoms with Gasteiger partial charge in [0, 0.05) is 20.1 Å². The van der Waals surface area contributed by atoms with E-state index >= 15 is 0 Å². The average molecular weight is 340 g/mol. The molecule has 2 N–H and O–H groups in total. The van der Waals surface area contributed by atoms with Gasteiger partial charge in [-0.05, 0) is 18.6 Å². The van der Waals surface area contributed by atoms with Gasteiger partial charge in [0.05, 0.1) is 17.1 Å². The molecule has 1 atom stereocenters. The molecule has 1 aromatic carbocycles. The van der Waals surface area contributed by atoms with Crippen molar-refractivity contribution in [1.82, 2.24) is 10.2 Å². The topological polar surface area (TPSA) is 89.9 Å². The quantitative estimate of drug-likeness (QED) is 0.852. The van der Waals surface area contributed by atoms with E-state index in [1.807, 2.05) is 0 Å². The van der Waals surface area contributed by atoms with Crippen molar-refractivity contribution >= 4 is 35.2 Å². The van der Waals surface area contributed by atoms with E-state index in [1.165, 1.54) is 11.9 Å². The number of halogens is 1. The molecular weight excluding hydrogens is 322 g/mol. The highest BCUT2D eigenvalue weighted by molar-refractivity contribution is 6.34. The van der Waals surface area contributed by atoms with Gasteiger partial charge in [-0.3, -0.25) is 9.59 Å². The first-order valence-electron chi connectivity index (χ1n) is 7.19. The van der Waals surface area contributed by atoms with Crippen LogP contribution in [0.4, 0.5) is 10.5 Å². The van der Waals surface area contributed by atoms with Crippen LogP contribution in [0.2, 0.25) is 5.02 Å². The lowest BCUT2D eigenvalue weighted by Gasteiger charge is -2.21. The normalized spacial score (nSPS) is 17.2. The maximum Gasteiger partial charge on any atom is 0.317 e.